The van der Waals surface area contributed by atoms with Crippen LogP contribution < -0.4 is 5.32 Å². The minimum absolute atomic E-state index is 0.241. The first kappa shape index (κ1) is 16.5. The van der Waals surface area contributed by atoms with Gasteiger partial charge in [0.2, 0.25) is 0 Å². The maximum absolute atomic E-state index is 4.42. The number of nitrogens with zero attached hydrogens (tertiary/aromatic N) is 3. The lowest BCUT2D eigenvalue weighted by atomic mass is 9.88. The highest BCUT2D eigenvalue weighted by Gasteiger charge is 2.36. The summed E-state index contributed by atoms with van der Waals surface area (Å²) in [5, 5.41) is 8.20. The van der Waals surface area contributed by atoms with Crippen LogP contribution in [0.5, 0.6) is 0 Å². The Bertz CT molecular complexity index is 442. The van der Waals surface area contributed by atoms with Crippen molar-refractivity contribution in [3.05, 3.63) is 18.0 Å². The molecular weight excluding hydrogens is 260 g/mol. The van der Waals surface area contributed by atoms with Gasteiger partial charge in [0.1, 0.15) is 0 Å². The van der Waals surface area contributed by atoms with Crippen LogP contribution in [0.2, 0.25) is 0 Å². The highest BCUT2D eigenvalue weighted by molar-refractivity contribution is 5.06. The number of rotatable bonds is 6. The lowest BCUT2D eigenvalue weighted by Crippen LogP contribution is -2.63. The molecule has 3 atom stereocenters. The largest absolute Gasteiger partial charge is 0.309 e. The monoisotopic (exact) mass is 292 g/mol. The summed E-state index contributed by atoms with van der Waals surface area (Å²) in [6, 6.07) is 0.625. The molecule has 1 fully saturated rings. The quantitative estimate of drug-likeness (QED) is 0.875. The smallest absolute Gasteiger partial charge is 0.0534 e. The van der Waals surface area contributed by atoms with Crippen LogP contribution >= 0.6 is 0 Å². The van der Waals surface area contributed by atoms with E-state index in [1.165, 1.54) is 18.4 Å². The normalized spacial score (nSPS) is 28.7. The molecule has 1 aliphatic heterocycles. The maximum atomic E-state index is 4.42. The van der Waals surface area contributed by atoms with Gasteiger partial charge >= 0.3 is 0 Å². The second kappa shape index (κ2) is 6.93. The molecule has 3 unspecified atom stereocenters. The molecule has 4 nitrogen and oxygen atoms in total. The minimum atomic E-state index is 0.241. The van der Waals surface area contributed by atoms with E-state index in [1.807, 2.05) is 10.9 Å². The lowest BCUT2D eigenvalue weighted by molar-refractivity contribution is 0.0487. The summed E-state index contributed by atoms with van der Waals surface area (Å²) in [6.07, 6.45) is 6.63. The van der Waals surface area contributed by atoms with Crippen LogP contribution in [0.25, 0.3) is 0 Å². The van der Waals surface area contributed by atoms with Crippen molar-refractivity contribution in [3.63, 3.8) is 0 Å². The molecule has 120 valence electrons. The van der Waals surface area contributed by atoms with E-state index in [2.05, 4.69) is 56.1 Å². The Balaban J connectivity index is 2.12. The molecule has 2 heterocycles. The molecule has 1 aromatic heterocycles. The molecule has 0 bridgehead atoms. The Morgan fingerprint density at radius 2 is 2.19 bits per heavy atom. The van der Waals surface area contributed by atoms with E-state index >= 15 is 0 Å². The van der Waals surface area contributed by atoms with Crippen molar-refractivity contribution in [1.29, 1.82) is 0 Å². The van der Waals surface area contributed by atoms with Crippen LogP contribution in [-0.4, -0.2) is 39.4 Å². The van der Waals surface area contributed by atoms with Gasteiger partial charge in [0.25, 0.3) is 0 Å². The predicted octanol–water partition coefficient (Wildman–Crippen LogP) is 2.89. The first-order valence-corrected chi connectivity index (χ1v) is 8.51. The van der Waals surface area contributed by atoms with Crippen LogP contribution in [0.3, 0.4) is 0 Å². The average Bonchev–Trinajstić information content (AvgIpc) is 2.94. The van der Waals surface area contributed by atoms with Crippen molar-refractivity contribution < 1.29 is 0 Å². The summed E-state index contributed by atoms with van der Waals surface area (Å²) in [6.45, 7) is 15.6. The summed E-state index contributed by atoms with van der Waals surface area (Å²) in [7, 11) is 0. The second-order valence-corrected chi connectivity index (χ2v) is 6.86. The number of hydrogen-bond acceptors (Lipinski definition) is 3. The number of aryl methyl sites for hydroxylation is 1. The Morgan fingerprint density at radius 3 is 2.76 bits per heavy atom. The molecule has 1 saturated heterocycles. The summed E-state index contributed by atoms with van der Waals surface area (Å²) in [5.74, 6) is 0.722. The lowest BCUT2D eigenvalue weighted by Gasteiger charge is -2.48. The van der Waals surface area contributed by atoms with Crippen LogP contribution in [0.1, 0.15) is 53.0 Å². The van der Waals surface area contributed by atoms with Crippen LogP contribution in [0.4, 0.5) is 0 Å². The topological polar surface area (TPSA) is 33.1 Å². The zero-order valence-corrected chi connectivity index (χ0v) is 14.4. The van der Waals surface area contributed by atoms with E-state index < -0.39 is 0 Å². The van der Waals surface area contributed by atoms with Gasteiger partial charge in [0.05, 0.1) is 6.20 Å². The van der Waals surface area contributed by atoms with Crippen molar-refractivity contribution in [3.8, 4) is 0 Å². The minimum Gasteiger partial charge on any atom is -0.309 e. The molecule has 0 spiro atoms. The molecule has 0 aromatic carbocycles. The van der Waals surface area contributed by atoms with Gasteiger partial charge < -0.3 is 5.32 Å². The van der Waals surface area contributed by atoms with Gasteiger partial charge in [-0.2, -0.15) is 5.10 Å². The van der Waals surface area contributed by atoms with E-state index in [-0.39, 0.29) is 5.54 Å². The van der Waals surface area contributed by atoms with Gasteiger partial charge in [-0.3, -0.25) is 9.58 Å². The van der Waals surface area contributed by atoms with Gasteiger partial charge in [-0.1, -0.05) is 27.2 Å². The SMILES string of the molecule is CCC(C)C1CNC(C)(CC)CN1Cc1cnn(CC)c1. The Kier molecular flexibility index (Phi) is 5.44. The summed E-state index contributed by atoms with van der Waals surface area (Å²) < 4.78 is 2.02. The third-order valence-electron chi connectivity index (χ3n) is 5.24. The molecule has 4 heteroatoms. The molecule has 0 radical (unpaired) electrons. The van der Waals surface area contributed by atoms with Crippen molar-refractivity contribution in [1.82, 2.24) is 20.0 Å². The fraction of sp³-hybridized carbons (Fsp3) is 0.824. The molecular formula is C17H32N4. The van der Waals surface area contributed by atoms with Gasteiger partial charge in [0.15, 0.2) is 0 Å². The van der Waals surface area contributed by atoms with Gasteiger partial charge in [0, 0.05) is 49.5 Å². The summed E-state index contributed by atoms with van der Waals surface area (Å²) in [5.41, 5.74) is 1.58. The number of hydrogen-bond donors (Lipinski definition) is 1. The van der Waals surface area contributed by atoms with E-state index in [4.69, 9.17) is 0 Å². The van der Waals surface area contributed by atoms with Crippen molar-refractivity contribution in [2.45, 2.75) is 72.1 Å². The third-order valence-corrected chi connectivity index (χ3v) is 5.24. The second-order valence-electron chi connectivity index (χ2n) is 6.86. The van der Waals surface area contributed by atoms with E-state index in [1.54, 1.807) is 0 Å². The van der Waals surface area contributed by atoms with E-state index in [9.17, 15) is 0 Å². The molecule has 21 heavy (non-hydrogen) atoms. The third kappa shape index (κ3) is 3.86. The number of aromatic nitrogens is 2. The van der Waals surface area contributed by atoms with Crippen LogP contribution in [-0.2, 0) is 13.1 Å². The van der Waals surface area contributed by atoms with E-state index in [0.29, 0.717) is 6.04 Å². The van der Waals surface area contributed by atoms with Crippen molar-refractivity contribution >= 4 is 0 Å². The standard InChI is InChI=1S/C17H32N4/c1-6-14(4)16-10-18-17(5,7-2)13-20(16)11-15-9-19-21(8-3)12-15/h9,12,14,16,18H,6-8,10-11,13H2,1-5H3. The molecule has 1 N–H and O–H groups in total. The average molecular weight is 292 g/mol. The maximum Gasteiger partial charge on any atom is 0.0534 e. The molecule has 1 aliphatic rings. The first-order chi connectivity index (χ1) is 10.0. The fourth-order valence-electron chi connectivity index (χ4n) is 3.24. The van der Waals surface area contributed by atoms with Gasteiger partial charge in [-0.25, -0.2) is 0 Å². The summed E-state index contributed by atoms with van der Waals surface area (Å²) >= 11 is 0. The zero-order valence-electron chi connectivity index (χ0n) is 14.4. The molecule has 2 rings (SSSR count). The zero-order chi connectivity index (χ0) is 15.5. The molecule has 0 aliphatic carbocycles. The van der Waals surface area contributed by atoms with Crippen LogP contribution in [0, 0.1) is 5.92 Å². The Labute approximate surface area is 129 Å². The summed E-state index contributed by atoms with van der Waals surface area (Å²) in [4.78, 5) is 2.67. The Morgan fingerprint density at radius 1 is 1.43 bits per heavy atom. The highest BCUT2D eigenvalue weighted by Crippen LogP contribution is 2.25. The van der Waals surface area contributed by atoms with E-state index in [0.717, 1.165) is 32.1 Å². The molecule has 0 amide bonds. The molecule has 1 aromatic rings. The highest BCUT2D eigenvalue weighted by atomic mass is 15.3. The van der Waals surface area contributed by atoms with Gasteiger partial charge in [-0.05, 0) is 26.2 Å². The molecule has 0 saturated carbocycles. The predicted molar refractivity (Wildman–Crippen MR) is 88.3 cm³/mol. The van der Waals surface area contributed by atoms with Crippen LogP contribution in [0.15, 0.2) is 12.4 Å². The van der Waals surface area contributed by atoms with Crippen molar-refractivity contribution in [2.24, 2.45) is 5.92 Å². The van der Waals surface area contributed by atoms with Crippen molar-refractivity contribution in [2.75, 3.05) is 13.1 Å². The Hall–Kier alpha value is -0.870. The first-order valence-electron chi connectivity index (χ1n) is 8.51. The number of piperazine rings is 1. The number of nitrogens with one attached hydrogen (secondary N) is 1. The van der Waals surface area contributed by atoms with Gasteiger partial charge in [-0.15, -0.1) is 0 Å². The fourth-order valence-corrected chi connectivity index (χ4v) is 3.24.